The zero-order valence-electron chi connectivity index (χ0n) is 10.1. The van der Waals surface area contributed by atoms with Crippen LogP contribution in [0.15, 0.2) is 24.3 Å². The van der Waals surface area contributed by atoms with Crippen molar-refractivity contribution in [2.45, 2.75) is 6.92 Å². The fourth-order valence-corrected chi connectivity index (χ4v) is 2.70. The molecule has 100 valence electrons. The first kappa shape index (κ1) is 14.8. The van der Waals surface area contributed by atoms with Crippen LogP contribution >= 0.6 is 11.6 Å². The number of carbonyl (C=O) groups is 1. The van der Waals surface area contributed by atoms with Gasteiger partial charge < -0.3 is 4.74 Å². The summed E-state index contributed by atoms with van der Waals surface area (Å²) in [4.78, 5) is 11.0. The van der Waals surface area contributed by atoms with E-state index in [1.54, 1.807) is 24.3 Å². The number of halogens is 1. The van der Waals surface area contributed by atoms with Gasteiger partial charge >= 0.3 is 0 Å². The molecule has 5 nitrogen and oxygen atoms in total. The number of methoxy groups -OCH3 is 1. The van der Waals surface area contributed by atoms with Crippen molar-refractivity contribution in [2.75, 3.05) is 23.7 Å². The number of nitrogens with zero attached hydrogens (tertiary/aromatic N) is 1. The molecule has 1 aromatic rings. The molecule has 0 aliphatic rings. The molecule has 0 heterocycles. The number of ether oxygens (including phenoxy) is 1. The molecule has 18 heavy (non-hydrogen) atoms. The van der Waals surface area contributed by atoms with E-state index in [1.165, 1.54) is 14.0 Å². The summed E-state index contributed by atoms with van der Waals surface area (Å²) in [5, 5.41) is -0.752. The maximum absolute atomic E-state index is 12.0. The van der Waals surface area contributed by atoms with E-state index in [0.29, 0.717) is 11.4 Å². The van der Waals surface area contributed by atoms with Gasteiger partial charge in [-0.2, -0.15) is 0 Å². The monoisotopic (exact) mass is 291 g/mol. The minimum absolute atomic E-state index is 0.130. The standard InChI is InChI=1S/C11H14ClNO4S/c1-3-18(15,16)13(8-11(12)14)9-6-4-5-7-10(9)17-2/h4-7H,3,8H2,1-2H3. The van der Waals surface area contributed by atoms with Gasteiger partial charge in [-0.15, -0.1) is 0 Å². The molecule has 0 aromatic heterocycles. The summed E-state index contributed by atoms with van der Waals surface area (Å²) in [5.74, 6) is 0.238. The second kappa shape index (κ2) is 6.06. The van der Waals surface area contributed by atoms with Gasteiger partial charge in [0.25, 0.3) is 0 Å². The molecule has 7 heteroatoms. The first-order valence-corrected chi connectivity index (χ1v) is 7.23. The van der Waals surface area contributed by atoms with Crippen LogP contribution < -0.4 is 9.04 Å². The van der Waals surface area contributed by atoms with Crippen LogP contribution in [0.5, 0.6) is 5.75 Å². The second-order valence-electron chi connectivity index (χ2n) is 3.43. The SMILES string of the molecule is CCS(=O)(=O)N(CC(=O)Cl)c1ccccc1OC. The Hall–Kier alpha value is -1.27. The number of hydrogen-bond donors (Lipinski definition) is 0. The van der Waals surface area contributed by atoms with Crippen molar-refractivity contribution in [1.82, 2.24) is 0 Å². The fraction of sp³-hybridized carbons (Fsp3) is 0.364. The second-order valence-corrected chi connectivity index (χ2v) is 6.04. The molecule has 0 aliphatic carbocycles. The maximum Gasteiger partial charge on any atom is 0.242 e. The molecule has 0 saturated heterocycles. The third-order valence-corrected chi connectivity index (χ3v) is 4.17. The molecule has 0 atom stereocenters. The van der Waals surface area contributed by atoms with E-state index >= 15 is 0 Å². The van der Waals surface area contributed by atoms with Gasteiger partial charge in [-0.05, 0) is 30.7 Å². The van der Waals surface area contributed by atoms with Crippen molar-refractivity contribution in [2.24, 2.45) is 0 Å². The van der Waals surface area contributed by atoms with Crippen LogP contribution in [0.25, 0.3) is 0 Å². The molecule has 0 amide bonds. The third kappa shape index (κ3) is 3.36. The lowest BCUT2D eigenvalue weighted by molar-refractivity contribution is -0.110. The Morgan fingerprint density at radius 1 is 1.39 bits per heavy atom. The Labute approximate surface area is 111 Å². The highest BCUT2D eigenvalue weighted by Crippen LogP contribution is 2.29. The normalized spacial score (nSPS) is 11.1. The van der Waals surface area contributed by atoms with Crippen molar-refractivity contribution in [1.29, 1.82) is 0 Å². The van der Waals surface area contributed by atoms with Gasteiger partial charge in [0.05, 0.1) is 18.6 Å². The Morgan fingerprint density at radius 2 is 2.00 bits per heavy atom. The number of carbonyl (C=O) groups excluding carboxylic acids is 1. The topological polar surface area (TPSA) is 63.7 Å². The van der Waals surface area contributed by atoms with E-state index in [9.17, 15) is 13.2 Å². The van der Waals surface area contributed by atoms with E-state index in [2.05, 4.69) is 0 Å². The third-order valence-electron chi connectivity index (χ3n) is 2.32. The lowest BCUT2D eigenvalue weighted by Crippen LogP contribution is -2.35. The molecule has 0 fully saturated rings. The Kier molecular flexibility index (Phi) is 4.98. The minimum Gasteiger partial charge on any atom is -0.495 e. The highest BCUT2D eigenvalue weighted by molar-refractivity contribution is 7.92. The summed E-state index contributed by atoms with van der Waals surface area (Å²) in [5.41, 5.74) is 0.302. The zero-order chi connectivity index (χ0) is 13.8. The fourth-order valence-electron chi connectivity index (χ4n) is 1.44. The van der Waals surface area contributed by atoms with Gasteiger partial charge in [0, 0.05) is 0 Å². The molecule has 0 radical (unpaired) electrons. The molecule has 0 unspecified atom stereocenters. The predicted octanol–water partition coefficient (Wildman–Crippen LogP) is 1.62. The van der Waals surface area contributed by atoms with Crippen molar-refractivity contribution in [3.05, 3.63) is 24.3 Å². The quantitative estimate of drug-likeness (QED) is 0.747. The zero-order valence-corrected chi connectivity index (χ0v) is 11.7. The Bertz CT molecular complexity index is 530. The molecule has 1 aromatic carbocycles. The molecular formula is C11H14ClNO4S. The van der Waals surface area contributed by atoms with Crippen LogP contribution in [-0.4, -0.2) is 33.1 Å². The van der Waals surface area contributed by atoms with Crippen LogP contribution in [-0.2, 0) is 14.8 Å². The smallest absolute Gasteiger partial charge is 0.242 e. The number of para-hydroxylation sites is 2. The molecule has 0 spiro atoms. The number of sulfonamides is 1. The van der Waals surface area contributed by atoms with Gasteiger partial charge in [-0.3, -0.25) is 9.10 Å². The largest absolute Gasteiger partial charge is 0.495 e. The molecule has 0 N–H and O–H groups in total. The Balaban J connectivity index is 3.30. The summed E-state index contributed by atoms with van der Waals surface area (Å²) in [7, 11) is -2.16. The van der Waals surface area contributed by atoms with Crippen molar-refractivity contribution in [3.63, 3.8) is 0 Å². The summed E-state index contributed by atoms with van der Waals surface area (Å²) >= 11 is 5.30. The highest BCUT2D eigenvalue weighted by atomic mass is 35.5. The van der Waals surface area contributed by atoms with Gasteiger partial charge in [0.1, 0.15) is 12.3 Å². The van der Waals surface area contributed by atoms with Crippen LogP contribution in [0.4, 0.5) is 5.69 Å². The minimum atomic E-state index is -3.59. The first-order valence-electron chi connectivity index (χ1n) is 5.24. The van der Waals surface area contributed by atoms with E-state index in [0.717, 1.165) is 4.31 Å². The van der Waals surface area contributed by atoms with Crippen LogP contribution in [0.3, 0.4) is 0 Å². The maximum atomic E-state index is 12.0. The molecule has 0 bridgehead atoms. The molecule has 0 aliphatic heterocycles. The van der Waals surface area contributed by atoms with Gasteiger partial charge in [-0.25, -0.2) is 8.42 Å². The summed E-state index contributed by atoms with van der Waals surface area (Å²) in [6.45, 7) is 1.08. The number of benzene rings is 1. The van der Waals surface area contributed by atoms with Crippen LogP contribution in [0.2, 0.25) is 0 Å². The van der Waals surface area contributed by atoms with Gasteiger partial charge in [0.2, 0.25) is 15.3 Å². The van der Waals surface area contributed by atoms with E-state index in [-0.39, 0.29) is 5.75 Å². The first-order chi connectivity index (χ1) is 8.42. The van der Waals surface area contributed by atoms with Crippen molar-refractivity contribution < 1.29 is 17.9 Å². The van der Waals surface area contributed by atoms with Crippen molar-refractivity contribution >= 4 is 32.6 Å². The van der Waals surface area contributed by atoms with Crippen LogP contribution in [0.1, 0.15) is 6.92 Å². The van der Waals surface area contributed by atoms with E-state index in [1.807, 2.05) is 0 Å². The van der Waals surface area contributed by atoms with Gasteiger partial charge in [0.15, 0.2) is 0 Å². The predicted molar refractivity (Wildman–Crippen MR) is 70.7 cm³/mol. The summed E-state index contributed by atoms with van der Waals surface area (Å²) in [6, 6.07) is 6.55. The number of anilines is 1. The Morgan fingerprint density at radius 3 is 2.50 bits per heavy atom. The molecule has 1 rings (SSSR count). The summed E-state index contributed by atoms with van der Waals surface area (Å²) in [6.07, 6.45) is 0. The molecule has 0 saturated carbocycles. The van der Waals surface area contributed by atoms with E-state index in [4.69, 9.17) is 16.3 Å². The number of hydrogen-bond acceptors (Lipinski definition) is 4. The average molecular weight is 292 g/mol. The van der Waals surface area contributed by atoms with Crippen molar-refractivity contribution in [3.8, 4) is 5.75 Å². The average Bonchev–Trinajstić information content (AvgIpc) is 2.35. The van der Waals surface area contributed by atoms with Crippen LogP contribution in [0, 0.1) is 0 Å². The van der Waals surface area contributed by atoms with E-state index < -0.39 is 21.8 Å². The summed E-state index contributed by atoms with van der Waals surface area (Å²) < 4.78 is 30.0. The lowest BCUT2D eigenvalue weighted by atomic mass is 10.3. The van der Waals surface area contributed by atoms with Gasteiger partial charge in [-0.1, -0.05) is 12.1 Å². The molecular weight excluding hydrogens is 278 g/mol. The number of rotatable bonds is 6. The lowest BCUT2D eigenvalue weighted by Gasteiger charge is -2.23. The highest BCUT2D eigenvalue weighted by Gasteiger charge is 2.25.